The molecular weight excluding hydrogens is 451 g/mol. The fourth-order valence-corrected chi connectivity index (χ4v) is 2.96. The highest BCUT2D eigenvalue weighted by Gasteiger charge is 2.32. The van der Waals surface area contributed by atoms with Crippen molar-refractivity contribution in [3.8, 4) is 23.1 Å². The van der Waals surface area contributed by atoms with Gasteiger partial charge in [-0.3, -0.25) is 9.78 Å². The topological polar surface area (TPSA) is 108 Å². The van der Waals surface area contributed by atoms with Gasteiger partial charge in [-0.05, 0) is 38.1 Å². The van der Waals surface area contributed by atoms with Gasteiger partial charge >= 0.3 is 6.18 Å². The Morgan fingerprint density at radius 2 is 1.88 bits per heavy atom. The first-order valence-corrected chi connectivity index (χ1v) is 10.1. The fraction of sp³-hybridized carbons (Fsp3) is 0.182. The number of hydrogen-bond donors (Lipinski definition) is 1. The summed E-state index contributed by atoms with van der Waals surface area (Å²) in [5, 5.41) is 10.6. The maximum Gasteiger partial charge on any atom is 0.433 e. The van der Waals surface area contributed by atoms with Crippen molar-refractivity contribution in [1.82, 2.24) is 29.7 Å². The number of amides is 1. The smallest absolute Gasteiger partial charge is 0.433 e. The van der Waals surface area contributed by atoms with Crippen LogP contribution in [0.5, 0.6) is 11.6 Å². The highest BCUT2D eigenvalue weighted by Crippen LogP contribution is 2.30. The van der Waals surface area contributed by atoms with Gasteiger partial charge in [0.2, 0.25) is 5.88 Å². The molecule has 4 rings (SSSR count). The maximum absolute atomic E-state index is 12.9. The summed E-state index contributed by atoms with van der Waals surface area (Å²) in [5.74, 6) is 0.0499. The van der Waals surface area contributed by atoms with Gasteiger partial charge in [0.15, 0.2) is 5.82 Å². The molecule has 0 atom stereocenters. The van der Waals surface area contributed by atoms with Crippen LogP contribution < -0.4 is 10.1 Å². The van der Waals surface area contributed by atoms with Crippen molar-refractivity contribution < 1.29 is 22.7 Å². The summed E-state index contributed by atoms with van der Waals surface area (Å²) in [6.45, 7) is 3.96. The molecule has 4 aromatic rings. The molecule has 0 unspecified atom stereocenters. The number of carbonyl (C=O) groups excluding carboxylic acids is 1. The van der Waals surface area contributed by atoms with Crippen molar-refractivity contribution in [2.45, 2.75) is 26.1 Å². The molecule has 174 valence electrons. The van der Waals surface area contributed by atoms with Crippen LogP contribution in [0.1, 0.15) is 36.1 Å². The third kappa shape index (κ3) is 5.17. The lowest BCUT2D eigenvalue weighted by Gasteiger charge is -2.11. The molecule has 0 spiro atoms. The van der Waals surface area contributed by atoms with Crippen LogP contribution in [0.15, 0.2) is 61.1 Å². The predicted molar refractivity (Wildman–Crippen MR) is 115 cm³/mol. The zero-order valence-electron chi connectivity index (χ0n) is 18.0. The zero-order chi connectivity index (χ0) is 24.3. The van der Waals surface area contributed by atoms with E-state index in [0.29, 0.717) is 11.5 Å². The Morgan fingerprint density at radius 3 is 2.65 bits per heavy atom. The van der Waals surface area contributed by atoms with Crippen LogP contribution in [0.25, 0.3) is 11.5 Å². The van der Waals surface area contributed by atoms with Gasteiger partial charge in [0.1, 0.15) is 35.0 Å². The Bertz CT molecular complexity index is 1320. The predicted octanol–water partition coefficient (Wildman–Crippen LogP) is 4.77. The van der Waals surface area contributed by atoms with Gasteiger partial charge in [-0.15, -0.1) is 10.2 Å². The molecule has 0 aliphatic rings. The van der Waals surface area contributed by atoms with Crippen LogP contribution in [0.4, 0.5) is 19.0 Å². The molecule has 12 heteroatoms. The Hall–Kier alpha value is -4.35. The molecule has 1 amide bonds. The van der Waals surface area contributed by atoms with E-state index in [1.807, 2.05) is 18.4 Å². The van der Waals surface area contributed by atoms with E-state index in [0.717, 1.165) is 6.07 Å². The molecule has 0 fully saturated rings. The molecule has 0 aliphatic carbocycles. The third-order valence-corrected chi connectivity index (χ3v) is 4.55. The van der Waals surface area contributed by atoms with Crippen molar-refractivity contribution in [3.05, 3.63) is 72.4 Å². The summed E-state index contributed by atoms with van der Waals surface area (Å²) in [4.78, 5) is 24.6. The number of carbonyl (C=O) groups is 1. The van der Waals surface area contributed by atoms with E-state index >= 15 is 0 Å². The van der Waals surface area contributed by atoms with Gasteiger partial charge in [-0.25, -0.2) is 9.97 Å². The molecule has 34 heavy (non-hydrogen) atoms. The first-order chi connectivity index (χ1) is 16.2. The molecule has 4 heterocycles. The normalized spacial score (nSPS) is 11.5. The van der Waals surface area contributed by atoms with E-state index in [2.05, 4.69) is 30.5 Å². The van der Waals surface area contributed by atoms with Gasteiger partial charge < -0.3 is 14.6 Å². The molecule has 4 aromatic heterocycles. The van der Waals surface area contributed by atoms with E-state index in [1.165, 1.54) is 30.5 Å². The molecule has 0 aliphatic heterocycles. The van der Waals surface area contributed by atoms with Crippen LogP contribution >= 0.6 is 0 Å². The second kappa shape index (κ2) is 9.25. The molecule has 0 saturated carbocycles. The summed E-state index contributed by atoms with van der Waals surface area (Å²) in [5.41, 5.74) is -0.594. The third-order valence-electron chi connectivity index (χ3n) is 4.55. The molecule has 0 saturated heterocycles. The van der Waals surface area contributed by atoms with E-state index in [4.69, 9.17) is 4.74 Å². The second-order valence-electron chi connectivity index (χ2n) is 7.36. The summed E-state index contributed by atoms with van der Waals surface area (Å²) in [7, 11) is 0. The van der Waals surface area contributed by atoms with Gasteiger partial charge in [-0.1, -0.05) is 12.1 Å². The number of aromatic nitrogens is 6. The molecule has 9 nitrogen and oxygen atoms in total. The molecule has 0 bridgehead atoms. The molecule has 0 aromatic carbocycles. The molecular formula is C22H18F3N7O2. The first-order valence-electron chi connectivity index (χ1n) is 10.1. The average Bonchev–Trinajstić information content (AvgIpc) is 3.30. The minimum Gasteiger partial charge on any atom is -0.439 e. The van der Waals surface area contributed by atoms with Crippen molar-refractivity contribution in [2.75, 3.05) is 5.32 Å². The van der Waals surface area contributed by atoms with Crippen molar-refractivity contribution >= 4 is 11.7 Å². The Morgan fingerprint density at radius 1 is 1.09 bits per heavy atom. The SMILES string of the molecule is CC(C)n1cnnc1-c1cccc(NC(=O)c2cc(Oc3cccc(C(F)(F)F)n3)ccn2)n1. The van der Waals surface area contributed by atoms with Crippen LogP contribution in [-0.4, -0.2) is 35.6 Å². The highest BCUT2D eigenvalue weighted by molar-refractivity contribution is 6.02. The number of alkyl halides is 3. The number of halogens is 3. The highest BCUT2D eigenvalue weighted by atomic mass is 19.4. The quantitative estimate of drug-likeness (QED) is 0.433. The minimum absolute atomic E-state index is 0.0259. The largest absolute Gasteiger partial charge is 0.439 e. The molecule has 1 N–H and O–H groups in total. The second-order valence-corrected chi connectivity index (χ2v) is 7.36. The lowest BCUT2D eigenvalue weighted by molar-refractivity contribution is -0.141. The number of pyridine rings is 3. The number of nitrogens with one attached hydrogen (secondary N) is 1. The zero-order valence-corrected chi connectivity index (χ0v) is 18.0. The molecule has 0 radical (unpaired) electrons. The Labute approximate surface area is 191 Å². The fourth-order valence-electron chi connectivity index (χ4n) is 2.96. The van der Waals surface area contributed by atoms with Crippen molar-refractivity contribution in [1.29, 1.82) is 0 Å². The number of hydrogen-bond acceptors (Lipinski definition) is 7. The standard InChI is InChI=1S/C22H18F3N7O2/c1-13(2)32-12-27-31-20(32)15-5-3-7-18(28-15)30-21(33)16-11-14(9-10-26-16)34-19-8-4-6-17(29-19)22(23,24)25/h3-13H,1-2H3,(H,28,30,33). The summed E-state index contributed by atoms with van der Waals surface area (Å²) >= 11 is 0. The van der Waals surface area contributed by atoms with Gasteiger partial charge in [-0.2, -0.15) is 13.2 Å². The monoisotopic (exact) mass is 469 g/mol. The average molecular weight is 469 g/mol. The Balaban J connectivity index is 1.51. The summed E-state index contributed by atoms with van der Waals surface area (Å²) < 4.78 is 45.8. The lowest BCUT2D eigenvalue weighted by Crippen LogP contribution is -2.15. The van der Waals surface area contributed by atoms with Crippen LogP contribution in [0.3, 0.4) is 0 Å². The Kier molecular flexibility index (Phi) is 6.21. The van der Waals surface area contributed by atoms with Gasteiger partial charge in [0.05, 0.1) is 0 Å². The van der Waals surface area contributed by atoms with Crippen molar-refractivity contribution in [3.63, 3.8) is 0 Å². The number of nitrogens with zero attached hydrogens (tertiary/aromatic N) is 6. The van der Waals surface area contributed by atoms with Gasteiger partial charge in [0.25, 0.3) is 5.91 Å². The van der Waals surface area contributed by atoms with Crippen LogP contribution in [0.2, 0.25) is 0 Å². The van der Waals surface area contributed by atoms with Crippen LogP contribution in [-0.2, 0) is 6.18 Å². The number of rotatable bonds is 6. The van der Waals surface area contributed by atoms with E-state index in [-0.39, 0.29) is 29.2 Å². The first kappa shape index (κ1) is 22.8. The lowest BCUT2D eigenvalue weighted by atomic mass is 10.3. The summed E-state index contributed by atoms with van der Waals surface area (Å²) in [6, 6.07) is 11.2. The van der Waals surface area contributed by atoms with Gasteiger partial charge in [0, 0.05) is 24.4 Å². The minimum atomic E-state index is -4.60. The van der Waals surface area contributed by atoms with E-state index in [1.54, 1.807) is 24.5 Å². The van der Waals surface area contributed by atoms with Crippen molar-refractivity contribution in [2.24, 2.45) is 0 Å². The summed E-state index contributed by atoms with van der Waals surface area (Å²) in [6.07, 6.45) is -1.71. The van der Waals surface area contributed by atoms with E-state index < -0.39 is 17.8 Å². The van der Waals surface area contributed by atoms with Crippen LogP contribution in [0, 0.1) is 0 Å². The maximum atomic E-state index is 12.9. The van der Waals surface area contributed by atoms with E-state index in [9.17, 15) is 18.0 Å². The number of anilines is 1. The number of ether oxygens (including phenoxy) is 1.